The van der Waals surface area contributed by atoms with E-state index in [1.807, 2.05) is 13.0 Å². The first-order valence-corrected chi connectivity index (χ1v) is 8.06. The molecule has 2 aromatic carbocycles. The normalized spacial score (nSPS) is 11.2. The Hall–Kier alpha value is -1.76. The van der Waals surface area contributed by atoms with Crippen LogP contribution >= 0.6 is 11.6 Å². The molecule has 0 aliphatic heterocycles. The van der Waals surface area contributed by atoms with Gasteiger partial charge >= 0.3 is 0 Å². The van der Waals surface area contributed by atoms with Gasteiger partial charge in [-0.2, -0.15) is 0 Å². The fraction of sp³-hybridized carbons (Fsp3) is 0.143. The third-order valence-electron chi connectivity index (χ3n) is 2.60. The molecule has 7 heteroatoms. The molecule has 21 heavy (non-hydrogen) atoms. The minimum atomic E-state index is -3.80. The van der Waals surface area contributed by atoms with Gasteiger partial charge in [0.25, 0.3) is 0 Å². The van der Waals surface area contributed by atoms with Crippen molar-refractivity contribution in [1.82, 2.24) is 0 Å². The molecular weight excluding hydrogens is 314 g/mol. The minimum Gasteiger partial charge on any atom is -0.490 e. The van der Waals surface area contributed by atoms with Gasteiger partial charge < -0.3 is 9.47 Å². The van der Waals surface area contributed by atoms with E-state index in [4.69, 9.17) is 26.2 Å². The second-order valence-electron chi connectivity index (χ2n) is 4.12. The highest BCUT2D eigenvalue weighted by Crippen LogP contribution is 2.35. The van der Waals surface area contributed by atoms with Crippen LogP contribution in [0, 0.1) is 0 Å². The van der Waals surface area contributed by atoms with E-state index >= 15 is 0 Å². The van der Waals surface area contributed by atoms with Gasteiger partial charge in [0.1, 0.15) is 5.75 Å². The van der Waals surface area contributed by atoms with Gasteiger partial charge in [-0.1, -0.05) is 23.7 Å². The fourth-order valence-electron chi connectivity index (χ4n) is 1.67. The number of primary sulfonamides is 1. The topological polar surface area (TPSA) is 78.6 Å². The van der Waals surface area contributed by atoms with Gasteiger partial charge in [0.2, 0.25) is 10.0 Å². The second-order valence-corrected chi connectivity index (χ2v) is 6.09. The Morgan fingerprint density at radius 3 is 2.33 bits per heavy atom. The second kappa shape index (κ2) is 6.34. The molecule has 0 amide bonds. The first kappa shape index (κ1) is 15.6. The van der Waals surface area contributed by atoms with Crippen molar-refractivity contribution in [1.29, 1.82) is 0 Å². The standard InChI is InChI=1S/C14H14ClNO4S/c1-2-19-13-5-3-4-6-14(13)20-12-8-7-10(9-11(12)15)21(16,17)18/h3-9H,2H2,1H3,(H2,16,17,18). The maximum Gasteiger partial charge on any atom is 0.238 e. The van der Waals surface area contributed by atoms with Gasteiger partial charge in [-0.15, -0.1) is 0 Å². The summed E-state index contributed by atoms with van der Waals surface area (Å²) in [7, 11) is -3.80. The molecule has 0 fully saturated rings. The molecule has 0 radical (unpaired) electrons. The number of para-hydroxylation sites is 2. The summed E-state index contributed by atoms with van der Waals surface area (Å²) < 4.78 is 33.6. The zero-order valence-corrected chi connectivity index (χ0v) is 12.8. The maximum atomic E-state index is 11.3. The van der Waals surface area contributed by atoms with E-state index in [9.17, 15) is 8.42 Å². The van der Waals surface area contributed by atoms with E-state index in [0.29, 0.717) is 23.9 Å². The van der Waals surface area contributed by atoms with Crippen molar-refractivity contribution < 1.29 is 17.9 Å². The van der Waals surface area contributed by atoms with Gasteiger partial charge in [-0.05, 0) is 37.3 Å². The zero-order valence-electron chi connectivity index (χ0n) is 11.2. The highest BCUT2D eigenvalue weighted by molar-refractivity contribution is 7.89. The van der Waals surface area contributed by atoms with Crippen molar-refractivity contribution in [3.63, 3.8) is 0 Å². The number of hydrogen-bond acceptors (Lipinski definition) is 4. The van der Waals surface area contributed by atoms with Crippen LogP contribution in [0.5, 0.6) is 17.2 Å². The Morgan fingerprint density at radius 2 is 1.76 bits per heavy atom. The summed E-state index contributed by atoms with van der Waals surface area (Å²) in [4.78, 5) is -0.0713. The minimum absolute atomic E-state index is 0.0713. The predicted molar refractivity (Wildman–Crippen MR) is 80.5 cm³/mol. The molecule has 112 valence electrons. The summed E-state index contributed by atoms with van der Waals surface area (Å²) in [6.45, 7) is 2.36. The summed E-state index contributed by atoms with van der Waals surface area (Å²) in [5.74, 6) is 1.38. The van der Waals surface area contributed by atoms with Crippen LogP contribution in [-0.2, 0) is 10.0 Å². The van der Waals surface area contributed by atoms with Crippen LogP contribution in [0.3, 0.4) is 0 Å². The van der Waals surface area contributed by atoms with E-state index in [2.05, 4.69) is 0 Å². The van der Waals surface area contributed by atoms with E-state index in [-0.39, 0.29) is 9.92 Å². The molecular formula is C14H14ClNO4S. The lowest BCUT2D eigenvalue weighted by Gasteiger charge is -2.12. The molecule has 0 atom stereocenters. The lowest BCUT2D eigenvalue weighted by Crippen LogP contribution is -2.11. The van der Waals surface area contributed by atoms with Crippen LogP contribution in [0.4, 0.5) is 0 Å². The molecule has 0 bridgehead atoms. The lowest BCUT2D eigenvalue weighted by molar-refractivity contribution is 0.321. The number of nitrogens with two attached hydrogens (primary N) is 1. The van der Waals surface area contributed by atoms with Crippen molar-refractivity contribution >= 4 is 21.6 Å². The van der Waals surface area contributed by atoms with Gasteiger partial charge in [-0.25, -0.2) is 13.6 Å². The number of benzene rings is 2. The van der Waals surface area contributed by atoms with Crippen LogP contribution < -0.4 is 14.6 Å². The summed E-state index contributed by atoms with van der Waals surface area (Å²) in [5.41, 5.74) is 0. The van der Waals surface area contributed by atoms with E-state index in [1.165, 1.54) is 18.2 Å². The van der Waals surface area contributed by atoms with E-state index in [1.54, 1.807) is 18.2 Å². The zero-order chi connectivity index (χ0) is 15.5. The molecule has 0 saturated carbocycles. The molecule has 0 saturated heterocycles. The van der Waals surface area contributed by atoms with E-state index < -0.39 is 10.0 Å². The molecule has 0 aliphatic rings. The third kappa shape index (κ3) is 3.87. The van der Waals surface area contributed by atoms with Gasteiger partial charge in [0.05, 0.1) is 16.5 Å². The average Bonchev–Trinajstić information content (AvgIpc) is 2.42. The first-order chi connectivity index (χ1) is 9.91. The summed E-state index contributed by atoms with van der Waals surface area (Å²) in [6, 6.07) is 11.1. The highest BCUT2D eigenvalue weighted by atomic mass is 35.5. The third-order valence-corrected chi connectivity index (χ3v) is 3.81. The van der Waals surface area contributed by atoms with E-state index in [0.717, 1.165) is 0 Å². The van der Waals surface area contributed by atoms with Crippen LogP contribution in [0.25, 0.3) is 0 Å². The molecule has 2 rings (SSSR count). The monoisotopic (exact) mass is 327 g/mol. The molecule has 2 N–H and O–H groups in total. The smallest absolute Gasteiger partial charge is 0.238 e. The molecule has 0 spiro atoms. The Kier molecular flexibility index (Phi) is 4.72. The Bertz CT molecular complexity index is 746. The SMILES string of the molecule is CCOc1ccccc1Oc1ccc(S(N)(=O)=O)cc1Cl. The number of halogens is 1. The quantitative estimate of drug-likeness (QED) is 0.914. The maximum absolute atomic E-state index is 11.3. The molecule has 0 aliphatic carbocycles. The van der Waals surface area contributed by atoms with Crippen molar-refractivity contribution in [3.8, 4) is 17.2 Å². The predicted octanol–water partition coefficient (Wildman–Crippen LogP) is 3.18. The van der Waals surface area contributed by atoms with Crippen LogP contribution in [0.15, 0.2) is 47.4 Å². The highest BCUT2D eigenvalue weighted by Gasteiger charge is 2.13. The fourth-order valence-corrected chi connectivity index (χ4v) is 2.49. The number of ether oxygens (including phenoxy) is 2. The van der Waals surface area contributed by atoms with Crippen molar-refractivity contribution in [3.05, 3.63) is 47.5 Å². The summed E-state index contributed by atoms with van der Waals surface area (Å²) >= 11 is 6.03. The molecule has 0 aromatic heterocycles. The molecule has 0 heterocycles. The summed E-state index contributed by atoms with van der Waals surface area (Å²) in [6.07, 6.45) is 0. The Balaban J connectivity index is 2.33. The van der Waals surface area contributed by atoms with Crippen LogP contribution in [-0.4, -0.2) is 15.0 Å². The van der Waals surface area contributed by atoms with Gasteiger partial charge in [0.15, 0.2) is 11.5 Å². The summed E-state index contributed by atoms with van der Waals surface area (Å²) in [5, 5.41) is 5.19. The van der Waals surface area contributed by atoms with Crippen molar-refractivity contribution in [2.75, 3.05) is 6.61 Å². The molecule has 0 unspecified atom stereocenters. The van der Waals surface area contributed by atoms with Crippen LogP contribution in [0.1, 0.15) is 6.92 Å². The lowest BCUT2D eigenvalue weighted by atomic mass is 10.3. The Morgan fingerprint density at radius 1 is 1.10 bits per heavy atom. The number of rotatable bonds is 5. The first-order valence-electron chi connectivity index (χ1n) is 6.14. The van der Waals surface area contributed by atoms with Gasteiger partial charge in [-0.3, -0.25) is 0 Å². The Labute approximate surface area is 128 Å². The largest absolute Gasteiger partial charge is 0.490 e. The molecule has 5 nitrogen and oxygen atoms in total. The van der Waals surface area contributed by atoms with Crippen molar-refractivity contribution in [2.24, 2.45) is 5.14 Å². The number of sulfonamides is 1. The molecule has 2 aromatic rings. The van der Waals surface area contributed by atoms with Crippen LogP contribution in [0.2, 0.25) is 5.02 Å². The average molecular weight is 328 g/mol. The van der Waals surface area contributed by atoms with Gasteiger partial charge in [0, 0.05) is 0 Å². The van der Waals surface area contributed by atoms with Crippen molar-refractivity contribution in [2.45, 2.75) is 11.8 Å². The number of hydrogen-bond donors (Lipinski definition) is 1.